The maximum atomic E-state index is 3.73. The van der Waals surface area contributed by atoms with Gasteiger partial charge in [-0.15, -0.1) is 0 Å². The van der Waals surface area contributed by atoms with Gasteiger partial charge in [-0.25, -0.2) is 0 Å². The lowest BCUT2D eigenvalue weighted by atomic mass is 9.76. The Balaban J connectivity index is 1.49. The molecule has 0 radical (unpaired) electrons. The standard InChI is InChI=1S/C15H20BrN/c1-15(6-7-15)10-17-12-8-11(9-12)13-4-2-3-5-14(13)16/h2-5,11-12,17H,6-10H2,1H3. The van der Waals surface area contributed by atoms with Gasteiger partial charge in [-0.3, -0.25) is 0 Å². The fourth-order valence-electron chi connectivity index (χ4n) is 2.63. The van der Waals surface area contributed by atoms with Crippen LogP contribution in [0.3, 0.4) is 0 Å². The summed E-state index contributed by atoms with van der Waals surface area (Å²) < 4.78 is 1.28. The molecular formula is C15H20BrN. The highest BCUT2D eigenvalue weighted by molar-refractivity contribution is 9.10. The molecular weight excluding hydrogens is 274 g/mol. The van der Waals surface area contributed by atoms with Crippen molar-refractivity contribution in [3.8, 4) is 0 Å². The zero-order valence-electron chi connectivity index (χ0n) is 10.4. The highest BCUT2D eigenvalue weighted by atomic mass is 79.9. The zero-order chi connectivity index (χ0) is 11.9. The molecule has 2 saturated carbocycles. The second-order valence-corrected chi connectivity index (χ2v) is 6.93. The number of rotatable bonds is 4. The Morgan fingerprint density at radius 3 is 2.65 bits per heavy atom. The van der Waals surface area contributed by atoms with Crippen LogP contribution in [0.2, 0.25) is 0 Å². The van der Waals surface area contributed by atoms with Crippen molar-refractivity contribution in [1.29, 1.82) is 0 Å². The molecule has 0 aliphatic heterocycles. The second-order valence-electron chi connectivity index (χ2n) is 6.08. The quantitative estimate of drug-likeness (QED) is 0.882. The highest BCUT2D eigenvalue weighted by Crippen LogP contribution is 2.45. The van der Waals surface area contributed by atoms with Crippen molar-refractivity contribution in [2.45, 2.75) is 44.6 Å². The summed E-state index contributed by atoms with van der Waals surface area (Å²) >= 11 is 3.65. The van der Waals surface area contributed by atoms with Crippen molar-refractivity contribution < 1.29 is 0 Å². The van der Waals surface area contributed by atoms with Crippen molar-refractivity contribution in [1.82, 2.24) is 5.32 Å². The van der Waals surface area contributed by atoms with Crippen LogP contribution in [0, 0.1) is 5.41 Å². The van der Waals surface area contributed by atoms with Crippen LogP contribution < -0.4 is 5.32 Å². The van der Waals surface area contributed by atoms with Crippen molar-refractivity contribution in [2.75, 3.05) is 6.54 Å². The summed E-state index contributed by atoms with van der Waals surface area (Å²) in [6.45, 7) is 3.62. The number of hydrogen-bond donors (Lipinski definition) is 1. The van der Waals surface area contributed by atoms with Crippen LogP contribution in [0.25, 0.3) is 0 Å². The molecule has 1 N–H and O–H groups in total. The monoisotopic (exact) mass is 293 g/mol. The molecule has 1 nitrogen and oxygen atoms in total. The molecule has 0 aromatic heterocycles. The van der Waals surface area contributed by atoms with Gasteiger partial charge in [-0.2, -0.15) is 0 Å². The van der Waals surface area contributed by atoms with Gasteiger partial charge in [0.15, 0.2) is 0 Å². The molecule has 0 atom stereocenters. The second kappa shape index (κ2) is 4.40. The van der Waals surface area contributed by atoms with Crippen molar-refractivity contribution in [3.05, 3.63) is 34.3 Å². The van der Waals surface area contributed by atoms with Crippen molar-refractivity contribution >= 4 is 15.9 Å². The molecule has 0 unspecified atom stereocenters. The molecule has 1 aromatic rings. The topological polar surface area (TPSA) is 12.0 Å². The Kier molecular flexibility index (Phi) is 3.04. The molecule has 2 fully saturated rings. The maximum absolute atomic E-state index is 3.73. The van der Waals surface area contributed by atoms with Gasteiger partial charge < -0.3 is 5.32 Å². The van der Waals surface area contributed by atoms with Crippen LogP contribution in [0.4, 0.5) is 0 Å². The Morgan fingerprint density at radius 1 is 1.29 bits per heavy atom. The first-order valence-corrected chi connectivity index (χ1v) is 7.43. The summed E-state index contributed by atoms with van der Waals surface area (Å²) in [7, 11) is 0. The fraction of sp³-hybridized carbons (Fsp3) is 0.600. The van der Waals surface area contributed by atoms with E-state index in [0.717, 1.165) is 12.0 Å². The van der Waals surface area contributed by atoms with E-state index in [1.165, 1.54) is 42.3 Å². The van der Waals surface area contributed by atoms with Crippen LogP contribution in [0.5, 0.6) is 0 Å². The Hall–Kier alpha value is -0.340. The first-order chi connectivity index (χ1) is 8.16. The molecule has 2 aliphatic rings. The van der Waals surface area contributed by atoms with Crippen LogP contribution in [-0.2, 0) is 0 Å². The van der Waals surface area contributed by atoms with E-state index in [-0.39, 0.29) is 0 Å². The smallest absolute Gasteiger partial charge is 0.0210 e. The maximum Gasteiger partial charge on any atom is 0.0210 e. The SMILES string of the molecule is CC1(CNC2CC(c3ccccc3Br)C2)CC1. The molecule has 2 aliphatic carbocycles. The number of halogens is 1. The average molecular weight is 294 g/mol. The fourth-order valence-corrected chi connectivity index (χ4v) is 3.23. The van der Waals surface area contributed by atoms with Gasteiger partial charge in [-0.05, 0) is 48.6 Å². The van der Waals surface area contributed by atoms with E-state index in [9.17, 15) is 0 Å². The van der Waals surface area contributed by atoms with Gasteiger partial charge in [0.2, 0.25) is 0 Å². The van der Waals surface area contributed by atoms with Crippen LogP contribution in [0.15, 0.2) is 28.7 Å². The molecule has 0 spiro atoms. The normalized spacial score (nSPS) is 29.8. The molecule has 1 aromatic carbocycles. The average Bonchev–Trinajstić information content (AvgIpc) is 2.97. The molecule has 92 valence electrons. The van der Waals surface area contributed by atoms with E-state index in [1.54, 1.807) is 0 Å². The Morgan fingerprint density at radius 2 is 2.00 bits per heavy atom. The summed E-state index contributed by atoms with van der Waals surface area (Å²) in [4.78, 5) is 0. The van der Waals surface area contributed by atoms with E-state index >= 15 is 0 Å². The Labute approximate surface area is 112 Å². The molecule has 0 heterocycles. The van der Waals surface area contributed by atoms with Gasteiger partial charge in [0.1, 0.15) is 0 Å². The van der Waals surface area contributed by atoms with E-state index in [2.05, 4.69) is 52.4 Å². The van der Waals surface area contributed by atoms with Crippen molar-refractivity contribution in [3.63, 3.8) is 0 Å². The third kappa shape index (κ3) is 2.58. The van der Waals surface area contributed by atoms with Crippen molar-refractivity contribution in [2.24, 2.45) is 5.41 Å². The van der Waals surface area contributed by atoms with Gasteiger partial charge in [0.25, 0.3) is 0 Å². The van der Waals surface area contributed by atoms with E-state index in [0.29, 0.717) is 5.41 Å². The summed E-state index contributed by atoms with van der Waals surface area (Å²) in [5.41, 5.74) is 2.13. The molecule has 2 heteroatoms. The third-order valence-electron chi connectivity index (χ3n) is 4.40. The number of benzene rings is 1. The third-order valence-corrected chi connectivity index (χ3v) is 5.13. The lowest BCUT2D eigenvalue weighted by Crippen LogP contribution is -2.42. The van der Waals surface area contributed by atoms with E-state index < -0.39 is 0 Å². The first-order valence-electron chi connectivity index (χ1n) is 6.64. The van der Waals surface area contributed by atoms with Crippen LogP contribution in [-0.4, -0.2) is 12.6 Å². The molecule has 17 heavy (non-hydrogen) atoms. The Bertz CT molecular complexity index is 405. The highest BCUT2D eigenvalue weighted by Gasteiger charge is 2.39. The predicted octanol–water partition coefficient (Wildman–Crippen LogP) is 4.08. The number of hydrogen-bond acceptors (Lipinski definition) is 1. The number of nitrogens with one attached hydrogen (secondary N) is 1. The summed E-state index contributed by atoms with van der Waals surface area (Å²) in [5, 5.41) is 3.73. The first kappa shape index (κ1) is 11.7. The molecule has 3 rings (SSSR count). The van der Waals surface area contributed by atoms with E-state index in [4.69, 9.17) is 0 Å². The summed E-state index contributed by atoms with van der Waals surface area (Å²) in [5.74, 6) is 0.759. The van der Waals surface area contributed by atoms with Gasteiger partial charge in [0.05, 0.1) is 0 Å². The van der Waals surface area contributed by atoms with Gasteiger partial charge in [-0.1, -0.05) is 41.1 Å². The van der Waals surface area contributed by atoms with Crippen LogP contribution >= 0.6 is 15.9 Å². The molecule has 0 amide bonds. The predicted molar refractivity (Wildman–Crippen MR) is 75.2 cm³/mol. The summed E-state index contributed by atoms with van der Waals surface area (Å²) in [6.07, 6.45) is 5.44. The molecule has 0 bridgehead atoms. The lowest BCUT2D eigenvalue weighted by Gasteiger charge is -2.37. The van der Waals surface area contributed by atoms with Gasteiger partial charge >= 0.3 is 0 Å². The van der Waals surface area contributed by atoms with Gasteiger partial charge in [0, 0.05) is 17.1 Å². The largest absolute Gasteiger partial charge is 0.313 e. The minimum atomic E-state index is 0.637. The zero-order valence-corrected chi connectivity index (χ0v) is 12.0. The lowest BCUT2D eigenvalue weighted by molar-refractivity contribution is 0.274. The van der Waals surface area contributed by atoms with E-state index in [1.807, 2.05) is 0 Å². The minimum Gasteiger partial charge on any atom is -0.313 e. The summed E-state index contributed by atoms with van der Waals surface area (Å²) in [6, 6.07) is 9.40. The van der Waals surface area contributed by atoms with Crippen LogP contribution in [0.1, 0.15) is 44.1 Å². The molecule has 0 saturated heterocycles. The minimum absolute atomic E-state index is 0.637.